The highest BCUT2D eigenvalue weighted by molar-refractivity contribution is 6.32. The largest absolute Gasteiger partial charge is 0.369 e. The molecule has 0 saturated heterocycles. The average molecular weight is 226 g/mol. The van der Waals surface area contributed by atoms with Crippen LogP contribution >= 0.6 is 11.6 Å². The molecule has 1 aliphatic rings. The Morgan fingerprint density at radius 2 is 2.20 bits per heavy atom. The Balaban J connectivity index is 1.75. The Morgan fingerprint density at radius 3 is 2.93 bits per heavy atom. The van der Waals surface area contributed by atoms with Crippen molar-refractivity contribution >= 4 is 17.4 Å². The summed E-state index contributed by atoms with van der Waals surface area (Å²) in [5.74, 6) is 1.66. The van der Waals surface area contributed by atoms with Gasteiger partial charge in [-0.25, -0.2) is 9.97 Å². The molecule has 0 atom stereocenters. The first-order valence-electron chi connectivity index (χ1n) is 5.55. The minimum atomic E-state index is 0.601. The van der Waals surface area contributed by atoms with E-state index >= 15 is 0 Å². The van der Waals surface area contributed by atoms with Crippen molar-refractivity contribution in [2.75, 3.05) is 11.9 Å². The molecule has 1 aromatic rings. The predicted molar refractivity (Wildman–Crippen MR) is 62.1 cm³/mol. The van der Waals surface area contributed by atoms with E-state index in [0.29, 0.717) is 5.02 Å². The van der Waals surface area contributed by atoms with Crippen molar-refractivity contribution < 1.29 is 0 Å². The third-order valence-electron chi connectivity index (χ3n) is 2.99. The van der Waals surface area contributed by atoms with Crippen LogP contribution in [-0.4, -0.2) is 16.5 Å². The van der Waals surface area contributed by atoms with Crippen molar-refractivity contribution in [3.63, 3.8) is 0 Å². The molecule has 1 N–H and O–H groups in total. The van der Waals surface area contributed by atoms with Crippen molar-refractivity contribution in [1.82, 2.24) is 9.97 Å². The highest BCUT2D eigenvalue weighted by Gasteiger charge is 2.14. The smallest absolute Gasteiger partial charge is 0.148 e. The average Bonchev–Trinajstić information content (AvgIpc) is 2.74. The molecule has 0 aliphatic heterocycles. The van der Waals surface area contributed by atoms with Gasteiger partial charge in [-0.1, -0.05) is 37.3 Å². The van der Waals surface area contributed by atoms with Gasteiger partial charge < -0.3 is 5.32 Å². The van der Waals surface area contributed by atoms with Crippen LogP contribution < -0.4 is 5.32 Å². The molecule has 1 heterocycles. The summed E-state index contributed by atoms with van der Waals surface area (Å²) in [6.45, 7) is 0.960. The highest BCUT2D eigenvalue weighted by Crippen LogP contribution is 2.27. The van der Waals surface area contributed by atoms with E-state index in [1.54, 1.807) is 6.20 Å². The summed E-state index contributed by atoms with van der Waals surface area (Å²) in [5.41, 5.74) is 0. The van der Waals surface area contributed by atoms with Crippen LogP contribution in [0.5, 0.6) is 0 Å². The van der Waals surface area contributed by atoms with E-state index in [-0.39, 0.29) is 0 Å². The molecule has 2 rings (SSSR count). The fraction of sp³-hybridized carbons (Fsp3) is 0.636. The molecule has 15 heavy (non-hydrogen) atoms. The molecule has 1 fully saturated rings. The number of aromatic nitrogens is 2. The van der Waals surface area contributed by atoms with Crippen molar-refractivity contribution in [1.29, 1.82) is 0 Å². The normalized spacial score (nSPS) is 16.9. The van der Waals surface area contributed by atoms with Crippen molar-refractivity contribution in [3.8, 4) is 0 Å². The third-order valence-corrected chi connectivity index (χ3v) is 3.26. The molecule has 0 amide bonds. The fourth-order valence-electron chi connectivity index (χ4n) is 2.14. The van der Waals surface area contributed by atoms with Crippen molar-refractivity contribution in [2.24, 2.45) is 5.92 Å². The van der Waals surface area contributed by atoms with E-state index in [2.05, 4.69) is 15.3 Å². The van der Waals surface area contributed by atoms with E-state index in [9.17, 15) is 0 Å². The second kappa shape index (κ2) is 5.31. The maximum atomic E-state index is 5.93. The number of hydrogen-bond donors (Lipinski definition) is 1. The summed E-state index contributed by atoms with van der Waals surface area (Å²) in [7, 11) is 0. The molecular weight excluding hydrogens is 210 g/mol. The zero-order chi connectivity index (χ0) is 10.5. The number of rotatable bonds is 4. The van der Waals surface area contributed by atoms with Gasteiger partial charge in [-0.05, 0) is 12.3 Å². The summed E-state index contributed by atoms with van der Waals surface area (Å²) < 4.78 is 0. The van der Waals surface area contributed by atoms with Gasteiger partial charge in [-0.3, -0.25) is 0 Å². The van der Waals surface area contributed by atoms with Gasteiger partial charge in [-0.2, -0.15) is 0 Å². The van der Waals surface area contributed by atoms with Gasteiger partial charge in [0.15, 0.2) is 0 Å². The van der Waals surface area contributed by atoms with Gasteiger partial charge in [0, 0.05) is 6.54 Å². The Kier molecular flexibility index (Phi) is 3.78. The molecule has 1 saturated carbocycles. The lowest BCUT2D eigenvalue weighted by Gasteiger charge is -2.10. The maximum Gasteiger partial charge on any atom is 0.148 e. The summed E-state index contributed by atoms with van der Waals surface area (Å²) in [6, 6.07) is 0. The van der Waals surface area contributed by atoms with E-state index in [1.165, 1.54) is 38.4 Å². The lowest BCUT2D eigenvalue weighted by molar-refractivity contribution is 0.518. The molecular formula is C11H16ClN3. The molecule has 0 radical (unpaired) electrons. The van der Waals surface area contributed by atoms with Crippen LogP contribution in [0.2, 0.25) is 5.02 Å². The monoisotopic (exact) mass is 225 g/mol. The van der Waals surface area contributed by atoms with E-state index in [4.69, 9.17) is 11.6 Å². The van der Waals surface area contributed by atoms with E-state index in [0.717, 1.165) is 18.3 Å². The van der Waals surface area contributed by atoms with Crippen LogP contribution in [0.3, 0.4) is 0 Å². The van der Waals surface area contributed by atoms with Gasteiger partial charge in [0.1, 0.15) is 17.2 Å². The number of nitrogens with zero attached hydrogens (tertiary/aromatic N) is 2. The summed E-state index contributed by atoms with van der Waals surface area (Å²) >= 11 is 5.93. The molecule has 4 heteroatoms. The molecule has 3 nitrogen and oxygen atoms in total. The quantitative estimate of drug-likeness (QED) is 0.856. The Bertz CT molecular complexity index is 310. The van der Waals surface area contributed by atoms with Crippen molar-refractivity contribution in [2.45, 2.75) is 32.1 Å². The standard InChI is InChI=1S/C11H16ClN3/c12-10-7-13-8-15-11(10)14-6-5-9-3-1-2-4-9/h7-9H,1-6H2,(H,13,14,15). The van der Waals surface area contributed by atoms with Crippen LogP contribution in [0.25, 0.3) is 0 Å². The third kappa shape index (κ3) is 3.06. The van der Waals surface area contributed by atoms with Crippen LogP contribution in [-0.2, 0) is 0 Å². The summed E-state index contributed by atoms with van der Waals surface area (Å²) in [6.07, 6.45) is 9.94. The second-order valence-corrected chi connectivity index (χ2v) is 4.49. The lowest BCUT2D eigenvalue weighted by Crippen LogP contribution is -2.08. The summed E-state index contributed by atoms with van der Waals surface area (Å²) in [4.78, 5) is 7.94. The zero-order valence-electron chi connectivity index (χ0n) is 8.75. The summed E-state index contributed by atoms with van der Waals surface area (Å²) in [5, 5.41) is 3.86. The van der Waals surface area contributed by atoms with Crippen LogP contribution in [0.15, 0.2) is 12.5 Å². The minimum absolute atomic E-state index is 0.601. The van der Waals surface area contributed by atoms with Crippen LogP contribution in [0.4, 0.5) is 5.82 Å². The van der Waals surface area contributed by atoms with Gasteiger partial charge in [0.2, 0.25) is 0 Å². The van der Waals surface area contributed by atoms with Crippen LogP contribution in [0, 0.1) is 5.92 Å². The molecule has 0 aromatic carbocycles. The predicted octanol–water partition coefficient (Wildman–Crippen LogP) is 3.12. The van der Waals surface area contributed by atoms with Crippen molar-refractivity contribution in [3.05, 3.63) is 17.5 Å². The number of hydrogen-bond acceptors (Lipinski definition) is 3. The van der Waals surface area contributed by atoms with Crippen LogP contribution in [0.1, 0.15) is 32.1 Å². The first kappa shape index (κ1) is 10.7. The molecule has 1 aliphatic carbocycles. The second-order valence-electron chi connectivity index (χ2n) is 4.09. The lowest BCUT2D eigenvalue weighted by atomic mass is 10.0. The molecule has 82 valence electrons. The first-order valence-corrected chi connectivity index (χ1v) is 5.93. The zero-order valence-corrected chi connectivity index (χ0v) is 9.50. The van der Waals surface area contributed by atoms with Gasteiger partial charge in [0.05, 0.1) is 6.20 Å². The molecule has 0 unspecified atom stereocenters. The molecule has 0 spiro atoms. The minimum Gasteiger partial charge on any atom is -0.369 e. The van der Waals surface area contributed by atoms with Gasteiger partial charge >= 0.3 is 0 Å². The topological polar surface area (TPSA) is 37.8 Å². The highest BCUT2D eigenvalue weighted by atomic mass is 35.5. The Labute approximate surface area is 95.3 Å². The van der Waals surface area contributed by atoms with E-state index < -0.39 is 0 Å². The molecule has 1 aromatic heterocycles. The SMILES string of the molecule is Clc1cncnc1NCCC1CCCC1. The van der Waals surface area contributed by atoms with Gasteiger partial charge in [-0.15, -0.1) is 0 Å². The Hall–Kier alpha value is -0.830. The van der Waals surface area contributed by atoms with Gasteiger partial charge in [0.25, 0.3) is 0 Å². The number of anilines is 1. The van der Waals surface area contributed by atoms with E-state index in [1.807, 2.05) is 0 Å². The number of halogens is 1. The Morgan fingerprint density at radius 1 is 1.40 bits per heavy atom. The molecule has 0 bridgehead atoms. The fourth-order valence-corrected chi connectivity index (χ4v) is 2.31. The number of nitrogens with one attached hydrogen (secondary N) is 1. The maximum absolute atomic E-state index is 5.93. The first-order chi connectivity index (χ1) is 7.36.